The predicted molar refractivity (Wildman–Crippen MR) is 134 cm³/mol. The number of nitrogens with one attached hydrogen (secondary N) is 3. The Morgan fingerprint density at radius 3 is 2.65 bits per heavy atom. The van der Waals surface area contributed by atoms with Gasteiger partial charge >= 0.3 is 0 Å². The molecule has 0 aliphatic rings. The second-order valence-electron chi connectivity index (χ2n) is 8.06. The molecule has 0 aliphatic heterocycles. The molecule has 4 aromatic heterocycles. The number of H-pyrrole nitrogens is 1. The lowest BCUT2D eigenvalue weighted by Gasteiger charge is -2.32. The number of halogens is 3. The highest BCUT2D eigenvalue weighted by Gasteiger charge is 2.33. The van der Waals surface area contributed by atoms with E-state index in [2.05, 4.69) is 41.0 Å². The van der Waals surface area contributed by atoms with Gasteiger partial charge in [-0.25, -0.2) is 9.37 Å². The molecular formula is C24H15BClF2N9. The Hall–Kier alpha value is -4.63. The van der Waals surface area contributed by atoms with Crippen molar-refractivity contribution < 1.29 is 8.78 Å². The molecular weight excluding hydrogens is 499 g/mol. The predicted octanol–water partition coefficient (Wildman–Crippen LogP) is 4.48. The summed E-state index contributed by atoms with van der Waals surface area (Å²) in [5.74, 6) is -2.38. The van der Waals surface area contributed by atoms with Crippen LogP contribution in [0.2, 0.25) is 5.02 Å². The molecule has 3 N–H and O–H groups in total. The summed E-state index contributed by atoms with van der Waals surface area (Å²) in [6, 6.07) is 9.84. The van der Waals surface area contributed by atoms with E-state index in [4.69, 9.17) is 19.4 Å². The van der Waals surface area contributed by atoms with Gasteiger partial charge in [0.2, 0.25) is 5.95 Å². The number of nitriles is 1. The number of fused-ring (bicyclic) bond motifs is 1. The molecule has 0 fully saturated rings. The SMILES string of the molecule is [B]C(Nc1cc(Cl)c2ncc(C#N)c(Nc3cnc(F)c(F)c3)c2c1)(c1cn[nH]n1)c1cccnc1C. The molecule has 0 aliphatic carbocycles. The number of nitrogens with zero attached hydrogens (tertiary/aromatic N) is 6. The van der Waals surface area contributed by atoms with Crippen molar-refractivity contribution in [3.8, 4) is 6.07 Å². The minimum atomic E-state index is -1.37. The molecule has 5 rings (SSSR count). The summed E-state index contributed by atoms with van der Waals surface area (Å²) in [7, 11) is 6.87. The molecule has 2 radical (unpaired) electrons. The zero-order chi connectivity index (χ0) is 26.2. The first-order valence-electron chi connectivity index (χ1n) is 10.8. The van der Waals surface area contributed by atoms with Crippen molar-refractivity contribution >= 4 is 47.4 Å². The van der Waals surface area contributed by atoms with Gasteiger partial charge in [0.1, 0.15) is 19.6 Å². The fraction of sp³-hybridized carbons (Fsp3) is 0.0833. The van der Waals surface area contributed by atoms with Crippen molar-refractivity contribution in [3.63, 3.8) is 0 Å². The van der Waals surface area contributed by atoms with Gasteiger partial charge < -0.3 is 10.6 Å². The van der Waals surface area contributed by atoms with E-state index in [1.807, 2.05) is 19.1 Å². The Labute approximate surface area is 215 Å². The molecule has 1 unspecified atom stereocenters. The van der Waals surface area contributed by atoms with Gasteiger partial charge in [0.15, 0.2) is 5.82 Å². The van der Waals surface area contributed by atoms with E-state index in [1.165, 1.54) is 12.4 Å². The van der Waals surface area contributed by atoms with Crippen molar-refractivity contribution in [1.29, 1.82) is 5.26 Å². The van der Waals surface area contributed by atoms with Crippen molar-refractivity contribution in [1.82, 2.24) is 30.4 Å². The van der Waals surface area contributed by atoms with Crippen LogP contribution < -0.4 is 10.6 Å². The van der Waals surface area contributed by atoms with Crippen LogP contribution in [-0.2, 0) is 5.44 Å². The third-order valence-electron chi connectivity index (χ3n) is 5.70. The Morgan fingerprint density at radius 1 is 1.11 bits per heavy atom. The van der Waals surface area contributed by atoms with E-state index < -0.39 is 17.2 Å². The molecule has 37 heavy (non-hydrogen) atoms. The number of benzene rings is 1. The van der Waals surface area contributed by atoms with Crippen LogP contribution in [0.25, 0.3) is 10.9 Å². The molecule has 13 heteroatoms. The van der Waals surface area contributed by atoms with Crippen LogP contribution in [0.4, 0.5) is 25.8 Å². The molecule has 0 bridgehead atoms. The normalized spacial score (nSPS) is 12.6. The fourth-order valence-corrected chi connectivity index (χ4v) is 4.24. The number of aromatic amines is 1. The van der Waals surface area contributed by atoms with E-state index in [0.29, 0.717) is 33.5 Å². The molecule has 180 valence electrons. The maximum Gasteiger partial charge on any atom is 0.249 e. The standard InChI is InChI=1S/C24H15BClF2N9/c1-12-17(3-2-4-30-12)24(25,20-11-33-37-36-20)35-14-5-16-21(34-15-7-19(27)23(28)32-10-15)13(8-29)9-31-22(16)18(26)6-14/h2-7,9-11,35H,1H3,(H,31,34)(H,33,36,37). The molecule has 5 aromatic rings. The molecule has 9 nitrogen and oxygen atoms in total. The lowest BCUT2D eigenvalue weighted by Crippen LogP contribution is -2.38. The molecule has 0 amide bonds. The number of hydrogen-bond donors (Lipinski definition) is 3. The zero-order valence-corrected chi connectivity index (χ0v) is 19.8. The van der Waals surface area contributed by atoms with Gasteiger partial charge in [-0.3, -0.25) is 9.97 Å². The monoisotopic (exact) mass is 513 g/mol. The Morgan fingerprint density at radius 2 is 1.95 bits per heavy atom. The molecule has 4 heterocycles. The van der Waals surface area contributed by atoms with Crippen molar-refractivity contribution in [2.75, 3.05) is 10.6 Å². The second kappa shape index (κ2) is 9.44. The first-order chi connectivity index (χ1) is 17.8. The summed E-state index contributed by atoms with van der Waals surface area (Å²) >= 11 is 6.59. The van der Waals surface area contributed by atoms with Crippen LogP contribution >= 0.6 is 11.6 Å². The number of rotatable bonds is 6. The van der Waals surface area contributed by atoms with Gasteiger partial charge in [0.25, 0.3) is 0 Å². The van der Waals surface area contributed by atoms with E-state index in [1.54, 1.807) is 24.4 Å². The Kier molecular flexibility index (Phi) is 6.15. The lowest BCUT2D eigenvalue weighted by molar-refractivity contribution is 0.480. The minimum absolute atomic E-state index is 0.124. The summed E-state index contributed by atoms with van der Waals surface area (Å²) < 4.78 is 27.2. The number of pyridine rings is 3. The second-order valence-corrected chi connectivity index (χ2v) is 8.47. The Balaban J connectivity index is 1.66. The average Bonchev–Trinajstić information content (AvgIpc) is 3.43. The van der Waals surface area contributed by atoms with Gasteiger partial charge in [-0.05, 0) is 30.7 Å². The minimum Gasteiger partial charge on any atom is -0.378 e. The molecule has 0 saturated carbocycles. The summed E-state index contributed by atoms with van der Waals surface area (Å²) in [6.07, 6.45) is 5.57. The molecule has 1 atom stereocenters. The zero-order valence-electron chi connectivity index (χ0n) is 19.1. The fourth-order valence-electron chi connectivity index (χ4n) is 3.97. The molecule has 0 spiro atoms. The van der Waals surface area contributed by atoms with Crippen LogP contribution in [0.1, 0.15) is 22.5 Å². The Bertz CT molecular complexity index is 1670. The van der Waals surface area contributed by atoms with Crippen LogP contribution in [-0.4, -0.2) is 38.2 Å². The van der Waals surface area contributed by atoms with Gasteiger partial charge in [0.05, 0.1) is 45.3 Å². The van der Waals surface area contributed by atoms with E-state index in [-0.39, 0.29) is 22.0 Å². The third-order valence-corrected chi connectivity index (χ3v) is 5.99. The summed E-state index contributed by atoms with van der Waals surface area (Å²) in [4.78, 5) is 12.0. The van der Waals surface area contributed by atoms with E-state index in [9.17, 15) is 14.0 Å². The lowest BCUT2D eigenvalue weighted by atomic mass is 9.69. The van der Waals surface area contributed by atoms with E-state index >= 15 is 0 Å². The van der Waals surface area contributed by atoms with Crippen LogP contribution in [0.15, 0.2) is 55.1 Å². The summed E-state index contributed by atoms with van der Waals surface area (Å²) in [5, 5.41) is 27.2. The highest BCUT2D eigenvalue weighted by atomic mass is 35.5. The maximum absolute atomic E-state index is 13.8. The summed E-state index contributed by atoms with van der Waals surface area (Å²) in [5.41, 5.74) is 1.66. The van der Waals surface area contributed by atoms with Crippen molar-refractivity contribution in [2.24, 2.45) is 0 Å². The van der Waals surface area contributed by atoms with Crippen LogP contribution in [0, 0.1) is 30.0 Å². The highest BCUT2D eigenvalue weighted by Crippen LogP contribution is 2.37. The number of anilines is 3. The van der Waals surface area contributed by atoms with Gasteiger partial charge in [-0.2, -0.15) is 25.1 Å². The quantitative estimate of drug-likeness (QED) is 0.224. The first kappa shape index (κ1) is 24.1. The van der Waals surface area contributed by atoms with Gasteiger partial charge in [-0.1, -0.05) is 17.7 Å². The van der Waals surface area contributed by atoms with Crippen LogP contribution in [0.5, 0.6) is 0 Å². The molecule has 0 saturated heterocycles. The van der Waals surface area contributed by atoms with Crippen molar-refractivity contribution in [3.05, 3.63) is 94.4 Å². The average molecular weight is 514 g/mol. The molecule has 1 aromatic carbocycles. The van der Waals surface area contributed by atoms with Crippen LogP contribution in [0.3, 0.4) is 0 Å². The topological polar surface area (TPSA) is 128 Å². The van der Waals surface area contributed by atoms with Gasteiger partial charge in [0, 0.05) is 35.2 Å². The number of hydrogen-bond acceptors (Lipinski definition) is 8. The number of aryl methyl sites for hydroxylation is 1. The largest absolute Gasteiger partial charge is 0.378 e. The highest BCUT2D eigenvalue weighted by molar-refractivity contribution is 6.36. The smallest absolute Gasteiger partial charge is 0.249 e. The summed E-state index contributed by atoms with van der Waals surface area (Å²) in [6.45, 7) is 1.81. The first-order valence-corrected chi connectivity index (χ1v) is 11.1. The third kappa shape index (κ3) is 4.41. The maximum atomic E-state index is 13.8. The van der Waals surface area contributed by atoms with Gasteiger partial charge in [-0.15, -0.1) is 0 Å². The number of aromatic nitrogens is 6. The van der Waals surface area contributed by atoms with E-state index in [0.717, 1.165) is 12.3 Å². The van der Waals surface area contributed by atoms with Crippen molar-refractivity contribution in [2.45, 2.75) is 12.4 Å².